The number of rotatable bonds is 8. The van der Waals surface area contributed by atoms with Gasteiger partial charge in [-0.3, -0.25) is 9.51 Å². The molecule has 0 aliphatic heterocycles. The van der Waals surface area contributed by atoms with Gasteiger partial charge in [0.25, 0.3) is 0 Å². The number of aromatic nitrogens is 4. The summed E-state index contributed by atoms with van der Waals surface area (Å²) in [6, 6.07) is 8.40. The van der Waals surface area contributed by atoms with Crippen LogP contribution in [0.4, 0.5) is 13.2 Å². The number of hydrogen-bond acceptors (Lipinski definition) is 7. The second kappa shape index (κ2) is 9.80. The Kier molecular flexibility index (Phi) is 6.82. The molecule has 0 aliphatic rings. The zero-order valence-electron chi connectivity index (χ0n) is 18.4. The van der Waals surface area contributed by atoms with Crippen LogP contribution in [0.25, 0.3) is 22.0 Å². The molecular formula is C23H21F3N4O3S. The van der Waals surface area contributed by atoms with E-state index in [9.17, 15) is 18.0 Å². The van der Waals surface area contributed by atoms with E-state index in [1.54, 1.807) is 19.1 Å². The molecule has 11 heteroatoms. The van der Waals surface area contributed by atoms with E-state index in [1.165, 1.54) is 23.5 Å². The second-order valence-corrected chi connectivity index (χ2v) is 8.67. The molecule has 1 aromatic carbocycles. The fourth-order valence-corrected chi connectivity index (χ4v) is 4.34. The van der Waals surface area contributed by atoms with Crippen molar-refractivity contribution in [2.45, 2.75) is 45.9 Å². The van der Waals surface area contributed by atoms with Gasteiger partial charge in [0.15, 0.2) is 5.82 Å². The van der Waals surface area contributed by atoms with Crippen LogP contribution in [0, 0.1) is 6.92 Å². The molecule has 0 aliphatic carbocycles. The molecule has 0 spiro atoms. The smallest absolute Gasteiger partial charge is 0.439 e. The summed E-state index contributed by atoms with van der Waals surface area (Å²) >= 11 is 1.40. The summed E-state index contributed by atoms with van der Waals surface area (Å²) in [6.45, 7) is 4.07. The van der Waals surface area contributed by atoms with Crippen LogP contribution in [0.3, 0.4) is 0 Å². The third-order valence-corrected chi connectivity index (χ3v) is 6.23. The van der Waals surface area contributed by atoms with Crippen molar-refractivity contribution in [1.82, 2.24) is 20.1 Å². The Hall–Kier alpha value is -3.47. The summed E-state index contributed by atoms with van der Waals surface area (Å²) in [5.41, 5.74) is 2.02. The van der Waals surface area contributed by atoms with Crippen molar-refractivity contribution in [1.29, 1.82) is 0 Å². The van der Waals surface area contributed by atoms with Crippen molar-refractivity contribution in [3.8, 4) is 27.8 Å². The number of hydrogen-bond donors (Lipinski definition) is 1. The molecule has 0 radical (unpaired) electrons. The van der Waals surface area contributed by atoms with E-state index in [0.29, 0.717) is 27.7 Å². The third-order valence-electron chi connectivity index (χ3n) is 5.11. The molecule has 0 unspecified atom stereocenters. The van der Waals surface area contributed by atoms with Gasteiger partial charge in [-0.1, -0.05) is 30.6 Å². The van der Waals surface area contributed by atoms with Gasteiger partial charge in [0.2, 0.25) is 5.88 Å². The number of unbranched alkanes of at least 4 members (excludes halogenated alkanes) is 1. The van der Waals surface area contributed by atoms with Crippen molar-refractivity contribution in [3.05, 3.63) is 68.8 Å². The average Bonchev–Trinajstić information content (AvgIpc) is 3.42. The summed E-state index contributed by atoms with van der Waals surface area (Å²) in [7, 11) is 0. The van der Waals surface area contributed by atoms with Crippen LogP contribution in [0.1, 0.15) is 41.6 Å². The number of halogens is 3. The Labute approximate surface area is 196 Å². The van der Waals surface area contributed by atoms with Crippen LogP contribution in [0.2, 0.25) is 0 Å². The van der Waals surface area contributed by atoms with Gasteiger partial charge >= 0.3 is 11.9 Å². The maximum atomic E-state index is 12.9. The maximum Gasteiger partial charge on any atom is 0.439 e. The second-order valence-electron chi connectivity index (χ2n) is 7.58. The topological polar surface area (TPSA) is 93.9 Å². The lowest BCUT2D eigenvalue weighted by molar-refractivity contribution is -0.137. The van der Waals surface area contributed by atoms with Crippen LogP contribution >= 0.6 is 11.3 Å². The van der Waals surface area contributed by atoms with Crippen molar-refractivity contribution in [2.24, 2.45) is 0 Å². The first kappa shape index (κ1) is 23.7. The van der Waals surface area contributed by atoms with Crippen molar-refractivity contribution in [3.63, 3.8) is 0 Å². The van der Waals surface area contributed by atoms with Gasteiger partial charge in [-0.15, -0.1) is 11.3 Å². The van der Waals surface area contributed by atoms with Gasteiger partial charge in [-0.05, 0) is 38.0 Å². The molecule has 0 atom stereocenters. The Bertz CT molecular complexity index is 1330. The predicted molar refractivity (Wildman–Crippen MR) is 121 cm³/mol. The van der Waals surface area contributed by atoms with E-state index < -0.39 is 17.5 Å². The van der Waals surface area contributed by atoms with E-state index in [1.807, 2.05) is 0 Å². The summed E-state index contributed by atoms with van der Waals surface area (Å²) in [6.07, 6.45) is -1.71. The number of aromatic amines is 1. The zero-order chi connectivity index (χ0) is 24.3. The van der Waals surface area contributed by atoms with Crippen LogP contribution < -0.4 is 10.5 Å². The summed E-state index contributed by atoms with van der Waals surface area (Å²) in [4.78, 5) is 23.7. The third kappa shape index (κ3) is 5.36. The molecule has 0 saturated heterocycles. The van der Waals surface area contributed by atoms with Gasteiger partial charge < -0.3 is 4.74 Å². The zero-order valence-corrected chi connectivity index (χ0v) is 19.2. The Morgan fingerprint density at radius 2 is 1.88 bits per heavy atom. The number of nitrogens with zero attached hydrogens (tertiary/aromatic N) is 3. The molecule has 178 valence electrons. The van der Waals surface area contributed by atoms with E-state index in [2.05, 4.69) is 31.6 Å². The van der Waals surface area contributed by atoms with Crippen LogP contribution in [0.5, 0.6) is 5.88 Å². The lowest BCUT2D eigenvalue weighted by Gasteiger charge is -2.08. The normalized spacial score (nSPS) is 11.7. The largest absolute Gasteiger partial charge is 0.472 e. The van der Waals surface area contributed by atoms with E-state index in [4.69, 9.17) is 4.74 Å². The van der Waals surface area contributed by atoms with Gasteiger partial charge in [-0.25, -0.2) is 14.8 Å². The highest BCUT2D eigenvalue weighted by atomic mass is 32.1. The molecule has 7 nitrogen and oxygen atoms in total. The minimum Gasteiger partial charge on any atom is -0.472 e. The van der Waals surface area contributed by atoms with Gasteiger partial charge in [-0.2, -0.15) is 13.2 Å². The van der Waals surface area contributed by atoms with Crippen molar-refractivity contribution in [2.75, 3.05) is 0 Å². The first-order valence-corrected chi connectivity index (χ1v) is 11.4. The highest BCUT2D eigenvalue weighted by Gasteiger charge is 2.30. The highest BCUT2D eigenvalue weighted by molar-refractivity contribution is 7.15. The number of aryl methyl sites for hydroxylation is 2. The van der Waals surface area contributed by atoms with Crippen molar-refractivity contribution < 1.29 is 22.4 Å². The molecule has 1 N–H and O–H groups in total. The van der Waals surface area contributed by atoms with E-state index in [0.717, 1.165) is 42.0 Å². The quantitative estimate of drug-likeness (QED) is 0.336. The standard InChI is InChI=1S/C23H21F3N4O3S/c1-3-4-5-17-18(34-21(28-17)14-6-8-15(9-7-14)23(24,25)26)12-32-19-11-10-16(13(2)27-19)20-29-22(31)33-30-20/h6-11H,3-5,12H2,1-2H3,(H,29,30,31). The van der Waals surface area contributed by atoms with E-state index >= 15 is 0 Å². The molecule has 0 bridgehead atoms. The molecular weight excluding hydrogens is 469 g/mol. The number of thiazole rings is 1. The first-order valence-electron chi connectivity index (χ1n) is 10.6. The number of H-pyrrole nitrogens is 1. The van der Waals surface area contributed by atoms with Crippen LogP contribution in [-0.2, 0) is 19.2 Å². The summed E-state index contributed by atoms with van der Waals surface area (Å²) < 4.78 is 49.1. The Balaban J connectivity index is 1.53. The number of benzene rings is 1. The molecule has 0 amide bonds. The lowest BCUT2D eigenvalue weighted by Crippen LogP contribution is -2.03. The first-order chi connectivity index (χ1) is 16.2. The minimum absolute atomic E-state index is 0.226. The predicted octanol–water partition coefficient (Wildman–Crippen LogP) is 5.80. The average molecular weight is 491 g/mol. The fourth-order valence-electron chi connectivity index (χ4n) is 3.32. The molecule has 4 aromatic rings. The highest BCUT2D eigenvalue weighted by Crippen LogP contribution is 2.34. The molecule has 34 heavy (non-hydrogen) atoms. The maximum absolute atomic E-state index is 12.9. The number of ether oxygens (including phenoxy) is 1. The molecule has 0 saturated carbocycles. The van der Waals surface area contributed by atoms with Crippen LogP contribution in [0.15, 0.2) is 45.7 Å². The molecule has 4 rings (SSSR count). The van der Waals surface area contributed by atoms with Gasteiger partial charge in [0.1, 0.15) is 11.6 Å². The number of nitrogens with one attached hydrogen (secondary N) is 1. The summed E-state index contributed by atoms with van der Waals surface area (Å²) in [5, 5.41) is 4.31. The van der Waals surface area contributed by atoms with E-state index in [-0.39, 0.29) is 12.4 Å². The number of pyridine rings is 1. The SMILES string of the molecule is CCCCc1nc(-c2ccc(C(F)(F)F)cc2)sc1COc1ccc(-c2noc(=O)[nH]2)c(C)n1. The van der Waals surface area contributed by atoms with Gasteiger partial charge in [0.05, 0.1) is 21.8 Å². The van der Waals surface area contributed by atoms with Crippen LogP contribution in [-0.4, -0.2) is 20.1 Å². The molecule has 3 heterocycles. The summed E-state index contributed by atoms with van der Waals surface area (Å²) in [5.74, 6) is 0.0217. The molecule has 0 fully saturated rings. The van der Waals surface area contributed by atoms with Gasteiger partial charge in [0, 0.05) is 17.2 Å². The molecule has 3 aromatic heterocycles. The Morgan fingerprint density at radius 1 is 1.12 bits per heavy atom. The lowest BCUT2D eigenvalue weighted by atomic mass is 10.1. The Morgan fingerprint density at radius 3 is 2.50 bits per heavy atom. The monoisotopic (exact) mass is 490 g/mol. The number of alkyl halides is 3. The van der Waals surface area contributed by atoms with Crippen molar-refractivity contribution >= 4 is 11.3 Å². The minimum atomic E-state index is -4.38. The fraction of sp³-hybridized carbons (Fsp3) is 0.304.